The summed E-state index contributed by atoms with van der Waals surface area (Å²) in [6, 6.07) is 0. The number of aromatic nitrogens is 5. The first-order valence-corrected chi connectivity index (χ1v) is 6.98. The van der Waals surface area contributed by atoms with Crippen molar-refractivity contribution in [1.82, 2.24) is 24.3 Å². The molecule has 2 aromatic heterocycles. The average molecular weight is 312 g/mol. The molecule has 1 aliphatic heterocycles. The molecule has 0 aromatic carbocycles. The van der Waals surface area contributed by atoms with E-state index in [2.05, 4.69) is 15.1 Å². The van der Waals surface area contributed by atoms with E-state index in [0.717, 1.165) is 5.56 Å². The molecular weight excluding hydrogens is 298 g/mol. The second-order valence-electron chi connectivity index (χ2n) is 4.86. The van der Waals surface area contributed by atoms with E-state index in [4.69, 9.17) is 16.3 Å². The maximum Gasteiger partial charge on any atom is 0.351 e. The number of hydrogen-bond acceptors (Lipinski definition) is 6. The summed E-state index contributed by atoms with van der Waals surface area (Å²) in [6.45, 7) is 1.81. The van der Waals surface area contributed by atoms with Crippen molar-refractivity contribution < 1.29 is 9.84 Å². The molecule has 8 nitrogen and oxygen atoms in total. The van der Waals surface area contributed by atoms with Gasteiger partial charge in [-0.15, -0.1) is 11.6 Å². The first-order chi connectivity index (χ1) is 10.1. The average Bonchev–Trinajstić information content (AvgIpc) is 3.10. The predicted molar refractivity (Wildman–Crippen MR) is 73.4 cm³/mol. The van der Waals surface area contributed by atoms with E-state index in [0.29, 0.717) is 12.2 Å². The molecule has 0 spiro atoms. The van der Waals surface area contributed by atoms with Crippen molar-refractivity contribution in [3.05, 3.63) is 34.9 Å². The van der Waals surface area contributed by atoms with E-state index >= 15 is 0 Å². The molecule has 0 bridgehead atoms. The first kappa shape index (κ1) is 14.2. The molecule has 1 fully saturated rings. The van der Waals surface area contributed by atoms with Gasteiger partial charge in [0.2, 0.25) is 0 Å². The lowest BCUT2D eigenvalue weighted by Crippen LogP contribution is -2.29. The summed E-state index contributed by atoms with van der Waals surface area (Å²) in [5.41, 5.74) is 0.269. The van der Waals surface area contributed by atoms with Gasteiger partial charge in [0, 0.05) is 18.2 Å². The van der Waals surface area contributed by atoms with Crippen molar-refractivity contribution in [3.8, 4) is 5.82 Å². The Hall–Kier alpha value is -1.77. The van der Waals surface area contributed by atoms with Gasteiger partial charge in [-0.2, -0.15) is 10.1 Å². The van der Waals surface area contributed by atoms with Crippen molar-refractivity contribution >= 4 is 11.6 Å². The van der Waals surface area contributed by atoms with Crippen molar-refractivity contribution in [2.45, 2.75) is 31.8 Å². The fourth-order valence-corrected chi connectivity index (χ4v) is 2.62. The number of rotatable bonds is 3. The molecule has 21 heavy (non-hydrogen) atoms. The Labute approximate surface area is 125 Å². The highest BCUT2D eigenvalue weighted by atomic mass is 35.5. The van der Waals surface area contributed by atoms with Gasteiger partial charge in [-0.1, -0.05) is 0 Å². The van der Waals surface area contributed by atoms with Crippen molar-refractivity contribution in [1.29, 1.82) is 0 Å². The van der Waals surface area contributed by atoms with Gasteiger partial charge in [0.05, 0.1) is 18.1 Å². The van der Waals surface area contributed by atoms with Crippen LogP contribution in [0.5, 0.6) is 0 Å². The number of nitrogens with zero attached hydrogens (tertiary/aromatic N) is 5. The van der Waals surface area contributed by atoms with Gasteiger partial charge in [0.25, 0.3) is 0 Å². The Bertz CT molecular complexity index is 687. The molecule has 0 radical (unpaired) electrons. The van der Waals surface area contributed by atoms with Crippen molar-refractivity contribution in [2.75, 3.05) is 5.88 Å². The molecule has 3 heterocycles. The summed E-state index contributed by atoms with van der Waals surface area (Å²) in [5.74, 6) is 0.594. The fraction of sp³-hybridized carbons (Fsp3) is 0.500. The quantitative estimate of drug-likeness (QED) is 0.803. The molecule has 0 aliphatic carbocycles. The molecular formula is C12H14ClN5O3. The van der Waals surface area contributed by atoms with Crippen LogP contribution in [0.1, 0.15) is 18.2 Å². The Morgan fingerprint density at radius 2 is 2.38 bits per heavy atom. The lowest BCUT2D eigenvalue weighted by atomic mass is 10.2. The largest absolute Gasteiger partial charge is 0.390 e. The minimum atomic E-state index is -0.685. The fourth-order valence-electron chi connectivity index (χ4n) is 2.34. The van der Waals surface area contributed by atoms with E-state index in [1.165, 1.54) is 21.9 Å². The molecule has 1 aliphatic rings. The summed E-state index contributed by atoms with van der Waals surface area (Å²) in [6.07, 6.45) is 3.06. The molecule has 9 heteroatoms. The third-order valence-electron chi connectivity index (χ3n) is 3.41. The van der Waals surface area contributed by atoms with Crippen LogP contribution in [0, 0.1) is 6.92 Å². The van der Waals surface area contributed by atoms with Crippen LogP contribution in [0.3, 0.4) is 0 Å². The summed E-state index contributed by atoms with van der Waals surface area (Å²) in [5, 5.41) is 13.8. The third-order valence-corrected chi connectivity index (χ3v) is 3.71. The molecule has 3 rings (SSSR count). The maximum atomic E-state index is 12.2. The van der Waals surface area contributed by atoms with E-state index in [1.807, 2.05) is 6.92 Å². The predicted octanol–water partition coefficient (Wildman–Crippen LogP) is 0.0196. The van der Waals surface area contributed by atoms with Gasteiger partial charge >= 0.3 is 5.69 Å². The van der Waals surface area contributed by atoms with Crippen LogP contribution in [0.15, 0.2) is 23.6 Å². The van der Waals surface area contributed by atoms with E-state index in [1.54, 1.807) is 6.20 Å². The number of ether oxygens (including phenoxy) is 1. The molecule has 0 unspecified atom stereocenters. The maximum absolute atomic E-state index is 12.2. The van der Waals surface area contributed by atoms with Crippen LogP contribution in [0.2, 0.25) is 0 Å². The van der Waals surface area contributed by atoms with Crippen molar-refractivity contribution in [3.63, 3.8) is 0 Å². The van der Waals surface area contributed by atoms with Crippen LogP contribution >= 0.6 is 11.6 Å². The Kier molecular flexibility index (Phi) is 3.75. The van der Waals surface area contributed by atoms with Gasteiger partial charge in [-0.3, -0.25) is 4.57 Å². The van der Waals surface area contributed by atoms with Gasteiger partial charge in [-0.05, 0) is 6.92 Å². The van der Waals surface area contributed by atoms with Gasteiger partial charge in [-0.25, -0.2) is 14.5 Å². The number of aliphatic hydroxyl groups is 1. The second kappa shape index (κ2) is 5.55. The van der Waals surface area contributed by atoms with Crippen LogP contribution in [-0.4, -0.2) is 47.5 Å². The van der Waals surface area contributed by atoms with E-state index in [9.17, 15) is 9.90 Å². The SMILES string of the molecule is Cc1cn([C@H]2C[C@H](O)[C@@H](CCl)O2)c(=O)nc1-n1cncn1. The summed E-state index contributed by atoms with van der Waals surface area (Å²) >= 11 is 5.71. The topological polar surface area (TPSA) is 95.1 Å². The highest BCUT2D eigenvalue weighted by molar-refractivity contribution is 6.18. The first-order valence-electron chi connectivity index (χ1n) is 6.44. The summed E-state index contributed by atoms with van der Waals surface area (Å²) < 4.78 is 8.37. The zero-order chi connectivity index (χ0) is 15.0. The number of halogens is 1. The van der Waals surface area contributed by atoms with Crippen LogP contribution < -0.4 is 5.69 Å². The third kappa shape index (κ3) is 2.57. The Morgan fingerprint density at radius 3 is 3.00 bits per heavy atom. The summed E-state index contributed by atoms with van der Waals surface area (Å²) in [7, 11) is 0. The van der Waals surface area contributed by atoms with Crippen molar-refractivity contribution in [2.24, 2.45) is 0 Å². The Morgan fingerprint density at radius 1 is 1.57 bits per heavy atom. The lowest BCUT2D eigenvalue weighted by molar-refractivity contribution is -0.00828. The van der Waals surface area contributed by atoms with E-state index < -0.39 is 24.1 Å². The minimum Gasteiger partial charge on any atom is -0.390 e. The highest BCUT2D eigenvalue weighted by Crippen LogP contribution is 2.28. The van der Waals surface area contributed by atoms with Crippen LogP contribution in [0.4, 0.5) is 0 Å². The standard InChI is InChI=1S/C12H14ClN5O3/c1-7-4-17(10-2-8(19)9(3-13)21-10)12(20)16-11(7)18-6-14-5-15-18/h4-6,8-10,19H,2-3H2,1H3/t8-,9+,10+/m0/s1. The monoisotopic (exact) mass is 311 g/mol. The zero-order valence-electron chi connectivity index (χ0n) is 11.3. The van der Waals surface area contributed by atoms with Gasteiger partial charge in [0.1, 0.15) is 18.9 Å². The Balaban J connectivity index is 1.95. The second-order valence-corrected chi connectivity index (χ2v) is 5.17. The lowest BCUT2D eigenvalue weighted by Gasteiger charge is -2.15. The molecule has 1 saturated heterocycles. The summed E-state index contributed by atoms with van der Waals surface area (Å²) in [4.78, 5) is 20.0. The van der Waals surface area contributed by atoms with Gasteiger partial charge in [0.15, 0.2) is 5.82 Å². The molecule has 0 saturated carbocycles. The minimum absolute atomic E-state index is 0.176. The highest BCUT2D eigenvalue weighted by Gasteiger charge is 2.35. The number of alkyl halides is 1. The molecule has 2 aromatic rings. The van der Waals surface area contributed by atoms with Crippen LogP contribution in [0.25, 0.3) is 5.82 Å². The smallest absolute Gasteiger partial charge is 0.351 e. The zero-order valence-corrected chi connectivity index (χ0v) is 12.0. The number of hydrogen-bond donors (Lipinski definition) is 1. The molecule has 112 valence electrons. The number of aliphatic hydroxyl groups excluding tert-OH is 1. The molecule has 0 amide bonds. The van der Waals surface area contributed by atoms with E-state index in [-0.39, 0.29) is 5.88 Å². The molecule has 3 atom stereocenters. The normalized spacial score (nSPS) is 25.4. The van der Waals surface area contributed by atoms with Gasteiger partial charge < -0.3 is 9.84 Å². The molecule has 1 N–H and O–H groups in total. The van der Waals surface area contributed by atoms with Crippen LogP contribution in [-0.2, 0) is 4.74 Å². The number of aryl methyl sites for hydroxylation is 1.